The zero-order chi connectivity index (χ0) is 12.3. The summed E-state index contributed by atoms with van der Waals surface area (Å²) in [5.41, 5.74) is 1.59. The van der Waals surface area contributed by atoms with Crippen LogP contribution in [0.4, 0.5) is 0 Å². The van der Waals surface area contributed by atoms with E-state index < -0.39 is 0 Å². The van der Waals surface area contributed by atoms with Crippen LogP contribution in [0.2, 0.25) is 0 Å². The van der Waals surface area contributed by atoms with Crippen LogP contribution in [-0.4, -0.2) is 20.8 Å². The molecule has 0 aliphatic heterocycles. The summed E-state index contributed by atoms with van der Waals surface area (Å²) in [6.07, 6.45) is 2.51. The van der Waals surface area contributed by atoms with Crippen LogP contribution in [-0.2, 0) is 6.54 Å². The van der Waals surface area contributed by atoms with Crippen molar-refractivity contribution in [1.29, 1.82) is 0 Å². The number of hydrogen-bond acceptors (Lipinski definition) is 3. The molecule has 1 N–H and O–H groups in total. The van der Waals surface area contributed by atoms with Crippen LogP contribution < -0.4 is 5.56 Å². The molecule has 0 spiro atoms. The van der Waals surface area contributed by atoms with Crippen molar-refractivity contribution in [3.05, 3.63) is 40.8 Å². The van der Waals surface area contributed by atoms with Crippen LogP contribution in [0, 0.1) is 0 Å². The minimum atomic E-state index is -0.321. The molecule has 0 radical (unpaired) electrons. The van der Waals surface area contributed by atoms with Crippen molar-refractivity contribution in [2.24, 2.45) is 0 Å². The lowest BCUT2D eigenvalue weighted by molar-refractivity contribution is 0.179. The molecule has 0 bridgehead atoms. The average molecular weight is 232 g/mol. The third-order valence-electron chi connectivity index (χ3n) is 2.76. The van der Waals surface area contributed by atoms with Gasteiger partial charge in [0.15, 0.2) is 0 Å². The number of hydrogen-bond donors (Lipinski definition) is 1. The summed E-state index contributed by atoms with van der Waals surface area (Å²) in [6.45, 7) is 2.38. The molecule has 1 atom stereocenters. The van der Waals surface area contributed by atoms with E-state index in [2.05, 4.69) is 4.98 Å². The van der Waals surface area contributed by atoms with E-state index in [9.17, 15) is 9.90 Å². The molecule has 0 aliphatic carbocycles. The molecular formula is C13H16N2O2. The van der Waals surface area contributed by atoms with Crippen LogP contribution in [0.5, 0.6) is 0 Å². The van der Waals surface area contributed by atoms with Crippen molar-refractivity contribution in [3.63, 3.8) is 0 Å². The van der Waals surface area contributed by atoms with Crippen LogP contribution in [0.15, 0.2) is 35.3 Å². The number of nitrogens with zero attached hydrogens (tertiary/aromatic N) is 2. The first-order valence-electron chi connectivity index (χ1n) is 5.81. The van der Waals surface area contributed by atoms with Crippen molar-refractivity contribution in [2.45, 2.75) is 32.4 Å². The predicted molar refractivity (Wildman–Crippen MR) is 66.9 cm³/mol. The molecule has 17 heavy (non-hydrogen) atoms. The number of aliphatic hydroxyl groups excluding tert-OH is 1. The summed E-state index contributed by atoms with van der Waals surface area (Å²) in [5, 5.41) is 9.21. The third kappa shape index (κ3) is 2.71. The fourth-order valence-electron chi connectivity index (χ4n) is 1.89. The Morgan fingerprint density at radius 3 is 2.94 bits per heavy atom. The minimum Gasteiger partial charge on any atom is -0.393 e. The Bertz CT molecular complexity index is 561. The van der Waals surface area contributed by atoms with Gasteiger partial charge in [0, 0.05) is 6.54 Å². The maximum atomic E-state index is 11.7. The highest BCUT2D eigenvalue weighted by Crippen LogP contribution is 2.09. The summed E-state index contributed by atoms with van der Waals surface area (Å²) in [6, 6.07) is 7.58. The fraction of sp³-hybridized carbons (Fsp3) is 0.385. The molecule has 0 saturated heterocycles. The summed E-state index contributed by atoms with van der Waals surface area (Å²) in [4.78, 5) is 15.8. The Kier molecular flexibility index (Phi) is 3.54. The van der Waals surface area contributed by atoms with E-state index in [0.717, 1.165) is 17.5 Å². The number of aliphatic hydroxyl groups is 1. The van der Waals surface area contributed by atoms with Gasteiger partial charge < -0.3 is 9.67 Å². The van der Waals surface area contributed by atoms with Gasteiger partial charge in [-0.3, -0.25) is 4.79 Å². The first-order valence-corrected chi connectivity index (χ1v) is 5.81. The third-order valence-corrected chi connectivity index (χ3v) is 2.76. The van der Waals surface area contributed by atoms with Crippen molar-refractivity contribution in [1.82, 2.24) is 9.55 Å². The largest absolute Gasteiger partial charge is 0.393 e. The van der Waals surface area contributed by atoms with Gasteiger partial charge in [0.05, 0.1) is 23.3 Å². The standard InChI is InChI=1S/C13H16N2O2/c1-10(16)5-4-8-15-12-7-3-2-6-11(12)14-9-13(15)17/h2-3,6-7,9-10,16H,4-5,8H2,1H3. The molecule has 2 aromatic rings. The van der Waals surface area contributed by atoms with Crippen molar-refractivity contribution >= 4 is 11.0 Å². The van der Waals surface area contributed by atoms with Crippen LogP contribution >= 0.6 is 0 Å². The quantitative estimate of drug-likeness (QED) is 0.870. The van der Waals surface area contributed by atoms with Crippen molar-refractivity contribution < 1.29 is 5.11 Å². The lowest BCUT2D eigenvalue weighted by atomic mass is 10.2. The normalized spacial score (nSPS) is 12.8. The van der Waals surface area contributed by atoms with Crippen LogP contribution in [0.1, 0.15) is 19.8 Å². The van der Waals surface area contributed by atoms with Gasteiger partial charge in [-0.25, -0.2) is 4.98 Å². The summed E-state index contributed by atoms with van der Waals surface area (Å²) in [7, 11) is 0. The van der Waals surface area contributed by atoms with Gasteiger partial charge in [0.25, 0.3) is 5.56 Å². The van der Waals surface area contributed by atoms with Crippen LogP contribution in [0.25, 0.3) is 11.0 Å². The molecule has 1 unspecified atom stereocenters. The van der Waals surface area contributed by atoms with E-state index in [1.54, 1.807) is 11.5 Å². The second-order valence-corrected chi connectivity index (χ2v) is 4.23. The predicted octanol–water partition coefficient (Wildman–Crippen LogP) is 1.56. The zero-order valence-electron chi connectivity index (χ0n) is 9.84. The molecule has 90 valence electrons. The number of fused-ring (bicyclic) bond motifs is 1. The molecule has 1 heterocycles. The van der Waals surface area contributed by atoms with Gasteiger partial charge >= 0.3 is 0 Å². The highest BCUT2D eigenvalue weighted by molar-refractivity contribution is 5.74. The minimum absolute atomic E-state index is 0.0886. The molecule has 1 aromatic heterocycles. The fourth-order valence-corrected chi connectivity index (χ4v) is 1.89. The van der Waals surface area contributed by atoms with E-state index >= 15 is 0 Å². The number of aromatic nitrogens is 2. The lowest BCUT2D eigenvalue weighted by Crippen LogP contribution is -2.21. The summed E-state index contributed by atoms with van der Waals surface area (Å²) >= 11 is 0. The Morgan fingerprint density at radius 1 is 1.41 bits per heavy atom. The van der Waals surface area contributed by atoms with Gasteiger partial charge in [-0.1, -0.05) is 12.1 Å². The van der Waals surface area contributed by atoms with E-state index in [4.69, 9.17) is 0 Å². The maximum Gasteiger partial charge on any atom is 0.269 e. The van der Waals surface area contributed by atoms with E-state index in [0.29, 0.717) is 13.0 Å². The molecule has 4 heteroatoms. The van der Waals surface area contributed by atoms with Crippen LogP contribution in [0.3, 0.4) is 0 Å². The number of rotatable bonds is 4. The first kappa shape index (κ1) is 11.8. The molecule has 0 amide bonds. The second-order valence-electron chi connectivity index (χ2n) is 4.23. The van der Waals surface area contributed by atoms with Gasteiger partial charge in [0.1, 0.15) is 0 Å². The first-order chi connectivity index (χ1) is 8.18. The van der Waals surface area contributed by atoms with E-state index in [1.165, 1.54) is 6.20 Å². The second kappa shape index (κ2) is 5.10. The monoisotopic (exact) mass is 232 g/mol. The Labute approximate surface area is 99.5 Å². The topological polar surface area (TPSA) is 55.1 Å². The van der Waals surface area contributed by atoms with Gasteiger partial charge in [-0.15, -0.1) is 0 Å². The number of para-hydroxylation sites is 2. The maximum absolute atomic E-state index is 11.7. The molecule has 1 aromatic carbocycles. The number of benzene rings is 1. The Balaban J connectivity index is 2.31. The molecule has 0 fully saturated rings. The molecule has 4 nitrogen and oxygen atoms in total. The Hall–Kier alpha value is -1.68. The smallest absolute Gasteiger partial charge is 0.269 e. The zero-order valence-corrected chi connectivity index (χ0v) is 9.84. The van der Waals surface area contributed by atoms with Crippen molar-refractivity contribution in [2.75, 3.05) is 0 Å². The molecular weight excluding hydrogens is 216 g/mol. The van der Waals surface area contributed by atoms with E-state index in [-0.39, 0.29) is 11.7 Å². The highest BCUT2D eigenvalue weighted by Gasteiger charge is 2.04. The SMILES string of the molecule is CC(O)CCCn1c(=O)cnc2ccccc21. The molecule has 2 rings (SSSR count). The van der Waals surface area contributed by atoms with Crippen molar-refractivity contribution in [3.8, 4) is 0 Å². The average Bonchev–Trinajstić information content (AvgIpc) is 2.32. The van der Waals surface area contributed by atoms with Gasteiger partial charge in [-0.2, -0.15) is 0 Å². The molecule has 0 aliphatic rings. The Morgan fingerprint density at radius 2 is 2.18 bits per heavy atom. The number of aryl methyl sites for hydroxylation is 1. The van der Waals surface area contributed by atoms with Gasteiger partial charge in [-0.05, 0) is 31.9 Å². The lowest BCUT2D eigenvalue weighted by Gasteiger charge is -2.09. The highest BCUT2D eigenvalue weighted by atomic mass is 16.3. The summed E-state index contributed by atoms with van der Waals surface area (Å²) < 4.78 is 1.71. The summed E-state index contributed by atoms with van der Waals surface area (Å²) in [5.74, 6) is 0. The van der Waals surface area contributed by atoms with Gasteiger partial charge in [0.2, 0.25) is 0 Å². The van der Waals surface area contributed by atoms with E-state index in [1.807, 2.05) is 24.3 Å². The molecule has 0 saturated carbocycles.